The standard InChI is InChI=1S/C40H56N6O6/c1-24(2)20-29-35(47)44-32(23-28-16-11-8-12-17-28)40(52)46-19-13-18-33(46)38(50)42-31(22-27-14-9-7-10-15-27)36(48)41-30(21-25(3)4)37(49)45-34(26(5)6)39(51)43-29/h7-12,14-17,24-26,29-34H,13,18-23H2,1-6H3,(H,41,48)(H,42,50)(H,43,51)(H,44,47)(H,45,49)/t29-,30+,31-,32+,33-,34-/m0/s1. The molecule has 52 heavy (non-hydrogen) atoms. The van der Waals surface area contributed by atoms with Crippen molar-refractivity contribution in [3.63, 3.8) is 0 Å². The van der Waals surface area contributed by atoms with E-state index >= 15 is 0 Å². The minimum absolute atomic E-state index is 0.00316. The number of nitrogens with one attached hydrogen (secondary N) is 5. The Labute approximate surface area is 307 Å². The maximum Gasteiger partial charge on any atom is 0.246 e. The fraction of sp³-hybridized carbons (Fsp3) is 0.550. The van der Waals surface area contributed by atoms with E-state index in [1.807, 2.05) is 88.4 Å². The van der Waals surface area contributed by atoms with Gasteiger partial charge in [-0.05, 0) is 54.6 Å². The number of nitrogens with zero attached hydrogens (tertiary/aromatic N) is 1. The van der Waals surface area contributed by atoms with E-state index in [2.05, 4.69) is 26.6 Å². The van der Waals surface area contributed by atoms with Gasteiger partial charge in [0.1, 0.15) is 36.3 Å². The van der Waals surface area contributed by atoms with E-state index in [9.17, 15) is 28.8 Å². The van der Waals surface area contributed by atoms with Gasteiger partial charge in [-0.15, -0.1) is 0 Å². The summed E-state index contributed by atoms with van der Waals surface area (Å²) < 4.78 is 0. The Bertz CT molecular complexity index is 1550. The van der Waals surface area contributed by atoms with E-state index in [4.69, 9.17) is 0 Å². The number of carbonyl (C=O) groups excluding carboxylic acids is 6. The van der Waals surface area contributed by atoms with Crippen LogP contribution in [0.5, 0.6) is 0 Å². The topological polar surface area (TPSA) is 166 Å². The summed E-state index contributed by atoms with van der Waals surface area (Å²) in [6.45, 7) is 11.6. The fourth-order valence-corrected chi connectivity index (χ4v) is 6.88. The first-order valence-electron chi connectivity index (χ1n) is 18.6. The molecule has 6 amide bonds. The van der Waals surface area contributed by atoms with Gasteiger partial charge in [0.15, 0.2) is 0 Å². The molecular formula is C40H56N6O6. The number of fused-ring (bicyclic) bond motifs is 1. The SMILES string of the molecule is CC(C)C[C@@H]1NC(=O)[C@H](C(C)C)NC(=O)[C@@H](CC(C)C)NC(=O)[C@H](Cc2ccccc2)NC(=O)[C@@H]2CCCN2C(=O)[C@@H](Cc2ccccc2)NC1=O. The summed E-state index contributed by atoms with van der Waals surface area (Å²) in [5, 5.41) is 14.4. The van der Waals surface area contributed by atoms with Crippen molar-refractivity contribution in [2.45, 2.75) is 116 Å². The van der Waals surface area contributed by atoms with E-state index in [1.165, 1.54) is 4.90 Å². The largest absolute Gasteiger partial charge is 0.343 e. The van der Waals surface area contributed by atoms with Crippen LogP contribution in [0.1, 0.15) is 78.4 Å². The number of hydrogen-bond acceptors (Lipinski definition) is 6. The molecule has 282 valence electrons. The predicted octanol–water partition coefficient (Wildman–Crippen LogP) is 2.65. The maximum absolute atomic E-state index is 14.4. The summed E-state index contributed by atoms with van der Waals surface area (Å²) in [6.07, 6.45) is 1.82. The molecule has 0 aliphatic carbocycles. The molecular weight excluding hydrogens is 660 g/mol. The quantitative estimate of drug-likeness (QED) is 0.268. The van der Waals surface area contributed by atoms with Crippen LogP contribution in [-0.4, -0.2) is 83.1 Å². The summed E-state index contributed by atoms with van der Waals surface area (Å²) in [7, 11) is 0. The van der Waals surface area contributed by atoms with Crippen LogP contribution in [0.3, 0.4) is 0 Å². The van der Waals surface area contributed by atoms with Gasteiger partial charge in [-0.1, -0.05) is 102 Å². The summed E-state index contributed by atoms with van der Waals surface area (Å²) in [4.78, 5) is 85.8. The van der Waals surface area contributed by atoms with Crippen molar-refractivity contribution in [2.75, 3.05) is 6.54 Å². The molecule has 12 heteroatoms. The first-order chi connectivity index (χ1) is 24.7. The normalized spacial score (nSPS) is 25.5. The molecule has 6 atom stereocenters. The van der Waals surface area contributed by atoms with E-state index in [-0.39, 0.29) is 43.4 Å². The van der Waals surface area contributed by atoms with Crippen molar-refractivity contribution in [3.8, 4) is 0 Å². The molecule has 0 bridgehead atoms. The van der Waals surface area contributed by atoms with Crippen molar-refractivity contribution in [2.24, 2.45) is 17.8 Å². The Morgan fingerprint density at radius 3 is 1.52 bits per heavy atom. The minimum Gasteiger partial charge on any atom is -0.343 e. The van der Waals surface area contributed by atoms with Gasteiger partial charge in [-0.2, -0.15) is 0 Å². The lowest BCUT2D eigenvalue weighted by Crippen LogP contribution is -2.62. The van der Waals surface area contributed by atoms with Gasteiger partial charge in [0.25, 0.3) is 0 Å². The van der Waals surface area contributed by atoms with E-state index < -0.39 is 71.7 Å². The number of amides is 6. The third-order valence-corrected chi connectivity index (χ3v) is 9.58. The lowest BCUT2D eigenvalue weighted by Gasteiger charge is -2.32. The maximum atomic E-state index is 14.4. The summed E-state index contributed by atoms with van der Waals surface area (Å²) in [6, 6.07) is 12.5. The molecule has 2 fully saturated rings. The van der Waals surface area contributed by atoms with Gasteiger partial charge in [0, 0.05) is 19.4 Å². The van der Waals surface area contributed by atoms with E-state index in [1.54, 1.807) is 13.8 Å². The van der Waals surface area contributed by atoms with E-state index in [0.717, 1.165) is 11.1 Å². The molecule has 5 N–H and O–H groups in total. The first kappa shape index (κ1) is 40.0. The van der Waals surface area contributed by atoms with Crippen molar-refractivity contribution >= 4 is 35.4 Å². The summed E-state index contributed by atoms with van der Waals surface area (Å²) in [5.74, 6) is -3.42. The molecule has 2 aromatic carbocycles. The van der Waals surface area contributed by atoms with Crippen LogP contribution in [0.4, 0.5) is 0 Å². The van der Waals surface area contributed by atoms with Crippen LogP contribution >= 0.6 is 0 Å². The van der Waals surface area contributed by atoms with Crippen LogP contribution in [-0.2, 0) is 41.6 Å². The smallest absolute Gasteiger partial charge is 0.246 e. The van der Waals surface area contributed by atoms with Gasteiger partial charge in [0.2, 0.25) is 35.4 Å². The zero-order chi connectivity index (χ0) is 37.9. The fourth-order valence-electron chi connectivity index (χ4n) is 6.88. The Balaban J connectivity index is 1.77. The second-order valence-corrected chi connectivity index (χ2v) is 15.3. The third kappa shape index (κ3) is 11.1. The lowest BCUT2D eigenvalue weighted by molar-refractivity contribution is -0.143. The highest BCUT2D eigenvalue weighted by Crippen LogP contribution is 2.21. The molecule has 0 unspecified atom stereocenters. The van der Waals surface area contributed by atoms with Crippen LogP contribution in [0.25, 0.3) is 0 Å². The Morgan fingerprint density at radius 2 is 1.00 bits per heavy atom. The average molecular weight is 717 g/mol. The summed E-state index contributed by atoms with van der Waals surface area (Å²) in [5.41, 5.74) is 1.61. The van der Waals surface area contributed by atoms with Gasteiger partial charge in [-0.25, -0.2) is 0 Å². The van der Waals surface area contributed by atoms with Crippen molar-refractivity contribution in [3.05, 3.63) is 71.8 Å². The lowest BCUT2D eigenvalue weighted by atomic mass is 9.97. The molecule has 2 saturated heterocycles. The van der Waals surface area contributed by atoms with Gasteiger partial charge in [-0.3, -0.25) is 28.8 Å². The number of rotatable bonds is 9. The molecule has 0 aromatic heterocycles. The Morgan fingerprint density at radius 1 is 0.558 bits per heavy atom. The highest BCUT2D eigenvalue weighted by molar-refractivity contribution is 5.98. The highest BCUT2D eigenvalue weighted by Gasteiger charge is 2.41. The third-order valence-electron chi connectivity index (χ3n) is 9.58. The molecule has 2 aliphatic rings. The highest BCUT2D eigenvalue weighted by atomic mass is 16.2. The second-order valence-electron chi connectivity index (χ2n) is 15.3. The molecule has 2 aromatic rings. The van der Waals surface area contributed by atoms with Crippen LogP contribution in [0.2, 0.25) is 0 Å². The second kappa shape index (κ2) is 18.7. The zero-order valence-corrected chi connectivity index (χ0v) is 31.3. The first-order valence-corrected chi connectivity index (χ1v) is 18.6. The Hall–Kier alpha value is -4.74. The monoisotopic (exact) mass is 716 g/mol. The molecule has 0 radical (unpaired) electrons. The van der Waals surface area contributed by atoms with Gasteiger partial charge >= 0.3 is 0 Å². The number of benzene rings is 2. The molecule has 2 aliphatic heterocycles. The average Bonchev–Trinajstić information content (AvgIpc) is 3.59. The molecule has 0 saturated carbocycles. The van der Waals surface area contributed by atoms with Gasteiger partial charge < -0.3 is 31.5 Å². The van der Waals surface area contributed by atoms with Gasteiger partial charge in [0.05, 0.1) is 0 Å². The van der Waals surface area contributed by atoms with Crippen molar-refractivity contribution < 1.29 is 28.8 Å². The van der Waals surface area contributed by atoms with Crippen LogP contribution in [0.15, 0.2) is 60.7 Å². The molecule has 4 rings (SSSR count). The number of carbonyl (C=O) groups is 6. The number of hydrogen-bond donors (Lipinski definition) is 5. The summed E-state index contributed by atoms with van der Waals surface area (Å²) >= 11 is 0. The Kier molecular flexibility index (Phi) is 14.4. The van der Waals surface area contributed by atoms with Crippen molar-refractivity contribution in [1.82, 2.24) is 31.5 Å². The minimum atomic E-state index is -1.06. The van der Waals surface area contributed by atoms with Crippen molar-refractivity contribution in [1.29, 1.82) is 0 Å². The van der Waals surface area contributed by atoms with Crippen LogP contribution in [0, 0.1) is 17.8 Å². The zero-order valence-electron chi connectivity index (χ0n) is 31.3. The van der Waals surface area contributed by atoms with E-state index in [0.29, 0.717) is 19.4 Å². The molecule has 12 nitrogen and oxygen atoms in total. The van der Waals surface area contributed by atoms with Crippen LogP contribution < -0.4 is 26.6 Å². The predicted molar refractivity (Wildman–Crippen MR) is 198 cm³/mol. The molecule has 0 spiro atoms. The molecule has 2 heterocycles.